The number of hydrogen-bond acceptors (Lipinski definition) is 7. The molecule has 10 heteroatoms. The van der Waals surface area contributed by atoms with Crippen LogP contribution >= 0.6 is 11.6 Å². The van der Waals surface area contributed by atoms with Gasteiger partial charge in [-0.3, -0.25) is 0 Å². The third-order valence-corrected chi connectivity index (χ3v) is 7.41. The molecule has 0 saturated carbocycles. The number of fused-ring (bicyclic) bond motifs is 4. The second-order valence-corrected chi connectivity index (χ2v) is 9.62. The van der Waals surface area contributed by atoms with Crippen LogP contribution in [0, 0.1) is 17.1 Å². The van der Waals surface area contributed by atoms with E-state index < -0.39 is 5.82 Å². The number of anilines is 2. The predicted octanol–water partition coefficient (Wildman–Crippen LogP) is 3.98. The number of nitrogens with one attached hydrogen (secondary N) is 1. The van der Waals surface area contributed by atoms with E-state index in [1.807, 2.05) is 17.7 Å². The Labute approximate surface area is 206 Å². The van der Waals surface area contributed by atoms with Crippen molar-refractivity contribution in [1.29, 1.82) is 5.26 Å². The summed E-state index contributed by atoms with van der Waals surface area (Å²) in [6, 6.07) is 8.19. The normalized spacial score (nSPS) is 19.5. The SMILES string of the molecule is COc1nc(N2CC3CCC(C2)N3)c2cc(Cl)c(-c3cn(C)c4ccc(N)c(C#N)c34)c(F)c2n1. The fraction of sp³-hybridized carbons (Fsp3) is 0.320. The molecule has 2 aromatic heterocycles. The summed E-state index contributed by atoms with van der Waals surface area (Å²) in [6.07, 6.45) is 3.96. The van der Waals surface area contributed by atoms with Crippen LogP contribution in [0.2, 0.25) is 5.02 Å². The number of aromatic nitrogens is 3. The lowest BCUT2D eigenvalue weighted by atomic mass is 9.98. The lowest BCUT2D eigenvalue weighted by Gasteiger charge is -2.34. The lowest BCUT2D eigenvalue weighted by Crippen LogP contribution is -2.51. The van der Waals surface area contributed by atoms with Crippen molar-refractivity contribution >= 4 is 44.9 Å². The van der Waals surface area contributed by atoms with Crippen molar-refractivity contribution in [2.24, 2.45) is 7.05 Å². The van der Waals surface area contributed by atoms with Crippen molar-refractivity contribution in [3.63, 3.8) is 0 Å². The second-order valence-electron chi connectivity index (χ2n) is 9.21. The molecule has 0 radical (unpaired) electrons. The van der Waals surface area contributed by atoms with Gasteiger partial charge in [0, 0.05) is 65.8 Å². The smallest absolute Gasteiger partial charge is 0.318 e. The van der Waals surface area contributed by atoms with Gasteiger partial charge in [0.2, 0.25) is 0 Å². The summed E-state index contributed by atoms with van der Waals surface area (Å²) in [5.41, 5.74) is 8.21. The molecule has 2 bridgehead atoms. The van der Waals surface area contributed by atoms with Gasteiger partial charge < -0.3 is 25.3 Å². The Morgan fingerprint density at radius 3 is 2.69 bits per heavy atom. The van der Waals surface area contributed by atoms with Crippen molar-refractivity contribution in [1.82, 2.24) is 19.9 Å². The van der Waals surface area contributed by atoms with Crippen LogP contribution in [0.1, 0.15) is 18.4 Å². The fourth-order valence-corrected chi connectivity index (χ4v) is 5.82. The van der Waals surface area contributed by atoms with E-state index >= 15 is 4.39 Å². The van der Waals surface area contributed by atoms with Crippen LogP contribution in [-0.4, -0.2) is 46.8 Å². The number of methoxy groups -OCH3 is 1. The summed E-state index contributed by atoms with van der Waals surface area (Å²) in [4.78, 5) is 11.1. The van der Waals surface area contributed by atoms with Crippen molar-refractivity contribution < 1.29 is 9.13 Å². The highest BCUT2D eigenvalue weighted by molar-refractivity contribution is 6.35. The van der Waals surface area contributed by atoms with Crippen LogP contribution in [-0.2, 0) is 7.05 Å². The number of nitrogen functional groups attached to an aromatic ring is 1. The fourth-order valence-electron chi connectivity index (χ4n) is 5.52. The molecule has 2 aliphatic rings. The maximum absolute atomic E-state index is 16.3. The van der Waals surface area contributed by atoms with E-state index in [-0.39, 0.29) is 27.7 Å². The maximum Gasteiger partial charge on any atom is 0.318 e. The van der Waals surface area contributed by atoms with Crippen molar-refractivity contribution in [2.75, 3.05) is 30.8 Å². The zero-order chi connectivity index (χ0) is 24.4. The number of nitrogens with zero attached hydrogens (tertiary/aromatic N) is 5. The van der Waals surface area contributed by atoms with E-state index in [1.165, 1.54) is 7.11 Å². The average Bonchev–Trinajstić information content (AvgIpc) is 3.36. The molecule has 2 saturated heterocycles. The van der Waals surface area contributed by atoms with E-state index in [9.17, 15) is 5.26 Å². The Kier molecular flexibility index (Phi) is 4.99. The van der Waals surface area contributed by atoms with Crippen LogP contribution in [0.5, 0.6) is 6.01 Å². The van der Waals surface area contributed by atoms with Gasteiger partial charge in [0.15, 0.2) is 5.82 Å². The van der Waals surface area contributed by atoms with Crippen molar-refractivity contribution in [2.45, 2.75) is 24.9 Å². The standard InChI is InChI=1S/C25H23ClFN7O/c1-33-11-16(20-15(8-28)18(29)5-6-19(20)33)21-17(26)7-14-23(22(21)27)31-25(35-2)32-24(14)34-9-12-3-4-13(10-34)30-12/h5-7,11-13,30H,3-4,9-10,29H2,1-2H3. The van der Waals surface area contributed by atoms with E-state index in [0.717, 1.165) is 31.4 Å². The van der Waals surface area contributed by atoms with Crippen molar-refractivity contribution in [3.8, 4) is 23.2 Å². The first kappa shape index (κ1) is 21.9. The van der Waals surface area contributed by atoms with Gasteiger partial charge in [-0.05, 0) is 31.0 Å². The summed E-state index contributed by atoms with van der Waals surface area (Å²) < 4.78 is 23.5. The summed E-state index contributed by atoms with van der Waals surface area (Å²) in [5.74, 6) is 0.0175. The predicted molar refractivity (Wildman–Crippen MR) is 134 cm³/mol. The molecule has 35 heavy (non-hydrogen) atoms. The van der Waals surface area contributed by atoms with Gasteiger partial charge in [-0.1, -0.05) is 11.6 Å². The van der Waals surface area contributed by atoms with Gasteiger partial charge >= 0.3 is 6.01 Å². The van der Waals surface area contributed by atoms with Crippen LogP contribution in [0.4, 0.5) is 15.9 Å². The number of nitriles is 1. The van der Waals surface area contributed by atoms with Crippen LogP contribution in [0.25, 0.3) is 32.9 Å². The molecule has 8 nitrogen and oxygen atoms in total. The molecule has 3 N–H and O–H groups in total. The monoisotopic (exact) mass is 491 g/mol. The first-order chi connectivity index (χ1) is 16.9. The highest BCUT2D eigenvalue weighted by Gasteiger charge is 2.34. The van der Waals surface area contributed by atoms with Crippen molar-refractivity contribution in [3.05, 3.63) is 40.8 Å². The number of piperazine rings is 1. The Morgan fingerprint density at radius 1 is 1.26 bits per heavy atom. The quantitative estimate of drug-likeness (QED) is 0.417. The average molecular weight is 492 g/mol. The van der Waals surface area contributed by atoms with E-state index in [2.05, 4.69) is 26.3 Å². The minimum absolute atomic E-state index is 0.0884. The van der Waals surface area contributed by atoms with E-state index in [1.54, 1.807) is 18.3 Å². The molecule has 2 atom stereocenters. The van der Waals surface area contributed by atoms with Gasteiger partial charge in [0.25, 0.3) is 0 Å². The zero-order valence-corrected chi connectivity index (χ0v) is 20.0. The number of benzene rings is 2. The molecule has 2 unspecified atom stereocenters. The molecule has 6 rings (SSSR count). The minimum Gasteiger partial charge on any atom is -0.467 e. The van der Waals surface area contributed by atoms with E-state index in [4.69, 9.17) is 22.1 Å². The van der Waals surface area contributed by atoms with Gasteiger partial charge in [-0.2, -0.15) is 15.2 Å². The third kappa shape index (κ3) is 3.28. The van der Waals surface area contributed by atoms with Crippen LogP contribution in [0.15, 0.2) is 24.4 Å². The molecule has 2 fully saturated rings. The number of nitrogens with two attached hydrogens (primary N) is 1. The van der Waals surface area contributed by atoms with Gasteiger partial charge in [-0.15, -0.1) is 0 Å². The molecule has 2 aliphatic heterocycles. The van der Waals surface area contributed by atoms with Gasteiger partial charge in [0.1, 0.15) is 17.4 Å². The highest BCUT2D eigenvalue weighted by Crippen LogP contribution is 2.43. The number of aryl methyl sites for hydroxylation is 1. The molecular weight excluding hydrogens is 469 g/mol. The molecule has 178 valence electrons. The summed E-state index contributed by atoms with van der Waals surface area (Å²) >= 11 is 6.76. The molecule has 0 amide bonds. The zero-order valence-electron chi connectivity index (χ0n) is 19.3. The van der Waals surface area contributed by atoms with E-state index in [0.29, 0.717) is 39.9 Å². The highest BCUT2D eigenvalue weighted by atomic mass is 35.5. The lowest BCUT2D eigenvalue weighted by molar-refractivity contribution is 0.380. The van der Waals surface area contributed by atoms with Gasteiger partial charge in [-0.25, -0.2) is 4.39 Å². The number of halogens is 2. The largest absolute Gasteiger partial charge is 0.467 e. The molecular formula is C25H23ClFN7O. The Balaban J connectivity index is 1.62. The third-order valence-electron chi connectivity index (χ3n) is 7.11. The summed E-state index contributed by atoms with van der Waals surface area (Å²) in [5, 5.41) is 14.7. The van der Waals surface area contributed by atoms with Crippen LogP contribution in [0.3, 0.4) is 0 Å². The minimum atomic E-state index is -0.591. The number of ether oxygens (including phenoxy) is 1. The summed E-state index contributed by atoms with van der Waals surface area (Å²) in [6.45, 7) is 1.53. The molecule has 4 heterocycles. The first-order valence-electron chi connectivity index (χ1n) is 11.4. The number of rotatable bonds is 3. The molecule has 0 spiro atoms. The van der Waals surface area contributed by atoms with Crippen LogP contribution < -0.4 is 20.7 Å². The number of hydrogen-bond donors (Lipinski definition) is 2. The first-order valence-corrected chi connectivity index (χ1v) is 11.8. The Bertz CT molecular complexity index is 1550. The molecule has 4 aromatic rings. The molecule has 2 aromatic carbocycles. The second kappa shape index (κ2) is 7.97. The van der Waals surface area contributed by atoms with Gasteiger partial charge in [0.05, 0.1) is 23.4 Å². The molecule has 0 aliphatic carbocycles. The summed E-state index contributed by atoms with van der Waals surface area (Å²) in [7, 11) is 3.30. The topological polar surface area (TPSA) is 105 Å². The Morgan fingerprint density at radius 2 is 2.00 bits per heavy atom. The Hall–Kier alpha value is -3.61. The maximum atomic E-state index is 16.3.